The molecule has 0 unspecified atom stereocenters. The van der Waals surface area contributed by atoms with Gasteiger partial charge in [0, 0.05) is 6.04 Å². The molecule has 20 heavy (non-hydrogen) atoms. The fraction of sp³-hybridized carbons (Fsp3) is 0.308. The summed E-state index contributed by atoms with van der Waals surface area (Å²) < 4.78 is 44.8. The highest BCUT2D eigenvalue weighted by molar-refractivity contribution is 6.29. The molecule has 0 fully saturated rings. The van der Waals surface area contributed by atoms with Gasteiger partial charge in [-0.05, 0) is 32.0 Å². The van der Waals surface area contributed by atoms with Gasteiger partial charge in [0.05, 0.1) is 11.8 Å². The minimum absolute atomic E-state index is 0.0224. The van der Waals surface area contributed by atoms with Crippen molar-refractivity contribution < 1.29 is 17.9 Å². The molecular formula is C13H12ClF3N2O. The van der Waals surface area contributed by atoms with Crippen LogP contribution < -0.4 is 4.74 Å². The Bertz CT molecular complexity index is 608. The van der Waals surface area contributed by atoms with E-state index in [1.54, 1.807) is 4.57 Å². The molecule has 2 rings (SSSR count). The van der Waals surface area contributed by atoms with Gasteiger partial charge in [-0.3, -0.25) is 4.57 Å². The lowest BCUT2D eigenvalue weighted by atomic mass is 10.2. The number of rotatable bonds is 3. The van der Waals surface area contributed by atoms with Crippen molar-refractivity contribution in [2.24, 2.45) is 0 Å². The van der Waals surface area contributed by atoms with Gasteiger partial charge in [-0.25, -0.2) is 4.98 Å². The molecule has 0 aliphatic heterocycles. The van der Waals surface area contributed by atoms with Crippen LogP contribution in [0.2, 0.25) is 5.15 Å². The third kappa shape index (κ3) is 3.07. The molecule has 108 valence electrons. The predicted octanol–water partition coefficient (Wildman–Crippen LogP) is 4.93. The predicted molar refractivity (Wildman–Crippen MR) is 69.1 cm³/mol. The van der Waals surface area contributed by atoms with Crippen LogP contribution in [0.25, 0.3) is 0 Å². The number of hydrogen-bond acceptors (Lipinski definition) is 2. The van der Waals surface area contributed by atoms with E-state index < -0.39 is 11.7 Å². The fourth-order valence-electron chi connectivity index (χ4n) is 1.71. The molecule has 0 atom stereocenters. The van der Waals surface area contributed by atoms with E-state index in [0.717, 1.165) is 12.1 Å². The third-order valence-corrected chi connectivity index (χ3v) is 2.88. The first-order valence-electron chi connectivity index (χ1n) is 5.87. The maximum Gasteiger partial charge on any atom is 0.416 e. The molecule has 0 saturated heterocycles. The quantitative estimate of drug-likeness (QED) is 0.804. The molecule has 0 spiro atoms. The molecule has 0 saturated carbocycles. The maximum atomic E-state index is 12.6. The van der Waals surface area contributed by atoms with Gasteiger partial charge in [0.1, 0.15) is 10.9 Å². The average molecular weight is 305 g/mol. The van der Waals surface area contributed by atoms with Crippen LogP contribution in [-0.4, -0.2) is 9.55 Å². The second kappa shape index (κ2) is 5.36. The van der Waals surface area contributed by atoms with Crippen LogP contribution in [0.3, 0.4) is 0 Å². The van der Waals surface area contributed by atoms with Gasteiger partial charge in [0.2, 0.25) is 0 Å². The zero-order valence-electron chi connectivity index (χ0n) is 10.8. The van der Waals surface area contributed by atoms with Crippen LogP contribution >= 0.6 is 11.6 Å². The standard InChI is InChI=1S/C13H12ClF3N2O/c1-8(2)19-11(14)7-18-12(19)20-10-5-3-4-9(6-10)13(15,16)17/h3-8H,1-2H3. The van der Waals surface area contributed by atoms with Crippen LogP contribution in [0.5, 0.6) is 11.8 Å². The summed E-state index contributed by atoms with van der Waals surface area (Å²) in [6, 6.07) is 4.75. The number of alkyl halides is 3. The van der Waals surface area contributed by atoms with Crippen molar-refractivity contribution in [1.29, 1.82) is 0 Å². The first kappa shape index (κ1) is 14.7. The van der Waals surface area contributed by atoms with Gasteiger partial charge in [0.15, 0.2) is 0 Å². The number of halogens is 4. The summed E-state index contributed by atoms with van der Waals surface area (Å²) in [5.74, 6) is 0.0593. The molecule has 3 nitrogen and oxygen atoms in total. The number of nitrogens with zero attached hydrogens (tertiary/aromatic N) is 2. The topological polar surface area (TPSA) is 27.1 Å². The summed E-state index contributed by atoms with van der Waals surface area (Å²) >= 11 is 5.95. The molecule has 0 radical (unpaired) electrons. The van der Waals surface area contributed by atoms with Crippen molar-refractivity contribution in [3.8, 4) is 11.8 Å². The number of imidazole rings is 1. The molecule has 1 heterocycles. The van der Waals surface area contributed by atoms with Gasteiger partial charge < -0.3 is 4.74 Å². The SMILES string of the molecule is CC(C)n1c(Cl)cnc1Oc1cccc(C(F)(F)F)c1. The fourth-order valence-corrected chi connectivity index (χ4v) is 2.02. The van der Waals surface area contributed by atoms with Crippen LogP contribution in [0.4, 0.5) is 13.2 Å². The highest BCUT2D eigenvalue weighted by Gasteiger charge is 2.30. The number of hydrogen-bond donors (Lipinski definition) is 0. The van der Waals surface area contributed by atoms with E-state index in [4.69, 9.17) is 16.3 Å². The van der Waals surface area contributed by atoms with Crippen molar-refractivity contribution in [2.45, 2.75) is 26.1 Å². The van der Waals surface area contributed by atoms with Crippen LogP contribution in [-0.2, 0) is 6.18 Å². The van der Waals surface area contributed by atoms with Crippen LogP contribution in [0, 0.1) is 0 Å². The molecule has 0 N–H and O–H groups in total. The lowest BCUT2D eigenvalue weighted by Crippen LogP contribution is -2.06. The Morgan fingerprint density at radius 3 is 2.60 bits per heavy atom. The van der Waals surface area contributed by atoms with Crippen LogP contribution in [0.15, 0.2) is 30.5 Å². The molecule has 1 aromatic carbocycles. The first-order chi connectivity index (χ1) is 9.29. The zero-order chi connectivity index (χ0) is 14.9. The maximum absolute atomic E-state index is 12.6. The summed E-state index contributed by atoms with van der Waals surface area (Å²) in [4.78, 5) is 3.95. The molecule has 0 amide bonds. The van der Waals surface area contributed by atoms with Gasteiger partial charge in [-0.2, -0.15) is 13.2 Å². The number of ether oxygens (including phenoxy) is 1. The highest BCUT2D eigenvalue weighted by atomic mass is 35.5. The summed E-state index contributed by atoms with van der Waals surface area (Å²) in [6.45, 7) is 3.74. The van der Waals surface area contributed by atoms with Crippen molar-refractivity contribution in [3.05, 3.63) is 41.2 Å². The van der Waals surface area contributed by atoms with E-state index in [1.165, 1.54) is 18.3 Å². The molecule has 0 aliphatic rings. The molecular weight excluding hydrogens is 293 g/mol. The number of aromatic nitrogens is 2. The summed E-state index contributed by atoms with van der Waals surface area (Å²) in [6.07, 6.45) is -3.02. The molecule has 0 aliphatic carbocycles. The lowest BCUT2D eigenvalue weighted by Gasteiger charge is -2.13. The Morgan fingerprint density at radius 1 is 1.30 bits per heavy atom. The minimum atomic E-state index is -4.41. The average Bonchev–Trinajstić information content (AvgIpc) is 2.69. The van der Waals surface area contributed by atoms with E-state index in [2.05, 4.69) is 4.98 Å². The van der Waals surface area contributed by atoms with Gasteiger partial charge in [-0.15, -0.1) is 0 Å². The van der Waals surface area contributed by atoms with E-state index in [0.29, 0.717) is 5.15 Å². The van der Waals surface area contributed by atoms with E-state index in [9.17, 15) is 13.2 Å². The van der Waals surface area contributed by atoms with Gasteiger partial charge in [-0.1, -0.05) is 17.7 Å². The van der Waals surface area contributed by atoms with E-state index in [1.807, 2.05) is 13.8 Å². The summed E-state index contributed by atoms with van der Waals surface area (Å²) in [5, 5.41) is 0.363. The Hall–Kier alpha value is -1.69. The second-order valence-electron chi connectivity index (χ2n) is 4.45. The van der Waals surface area contributed by atoms with Crippen molar-refractivity contribution in [2.75, 3.05) is 0 Å². The molecule has 7 heteroatoms. The molecule has 1 aromatic heterocycles. The zero-order valence-corrected chi connectivity index (χ0v) is 11.5. The smallest absolute Gasteiger partial charge is 0.416 e. The van der Waals surface area contributed by atoms with Gasteiger partial charge >= 0.3 is 12.2 Å². The Morgan fingerprint density at radius 2 is 2.00 bits per heavy atom. The first-order valence-corrected chi connectivity index (χ1v) is 6.24. The van der Waals surface area contributed by atoms with E-state index >= 15 is 0 Å². The Labute approximate surface area is 119 Å². The molecule has 2 aromatic rings. The van der Waals surface area contributed by atoms with Crippen molar-refractivity contribution in [3.63, 3.8) is 0 Å². The lowest BCUT2D eigenvalue weighted by molar-refractivity contribution is -0.137. The normalized spacial score (nSPS) is 11.9. The Kier molecular flexibility index (Phi) is 3.94. The highest BCUT2D eigenvalue weighted by Crippen LogP contribution is 2.33. The summed E-state index contributed by atoms with van der Waals surface area (Å²) in [5.41, 5.74) is -0.774. The molecule has 0 bridgehead atoms. The Balaban J connectivity index is 2.31. The van der Waals surface area contributed by atoms with Crippen molar-refractivity contribution in [1.82, 2.24) is 9.55 Å². The number of benzene rings is 1. The van der Waals surface area contributed by atoms with Crippen LogP contribution in [0.1, 0.15) is 25.5 Å². The third-order valence-electron chi connectivity index (χ3n) is 2.60. The summed E-state index contributed by atoms with van der Waals surface area (Å²) in [7, 11) is 0. The van der Waals surface area contributed by atoms with E-state index in [-0.39, 0.29) is 17.8 Å². The minimum Gasteiger partial charge on any atom is -0.425 e. The van der Waals surface area contributed by atoms with Crippen molar-refractivity contribution >= 4 is 11.6 Å². The largest absolute Gasteiger partial charge is 0.425 e. The van der Waals surface area contributed by atoms with Gasteiger partial charge in [0.25, 0.3) is 0 Å². The second-order valence-corrected chi connectivity index (χ2v) is 4.84. The monoisotopic (exact) mass is 304 g/mol.